The van der Waals surface area contributed by atoms with Crippen molar-refractivity contribution in [2.24, 2.45) is 0 Å². The van der Waals surface area contributed by atoms with E-state index >= 15 is 0 Å². The van der Waals surface area contributed by atoms with Crippen LogP contribution in [0.4, 0.5) is 5.69 Å². The highest BCUT2D eigenvalue weighted by Gasteiger charge is 2.20. The number of benzene rings is 1. The summed E-state index contributed by atoms with van der Waals surface area (Å²) in [4.78, 5) is 0. The Labute approximate surface area is 114 Å². The molecule has 19 heavy (non-hydrogen) atoms. The zero-order valence-corrected chi connectivity index (χ0v) is 11.1. The summed E-state index contributed by atoms with van der Waals surface area (Å²) in [5, 5.41) is 6.96. The van der Waals surface area contributed by atoms with Gasteiger partial charge in [0.05, 0.1) is 6.26 Å². The summed E-state index contributed by atoms with van der Waals surface area (Å²) in [6.45, 7) is 3.11. The van der Waals surface area contributed by atoms with E-state index in [1.807, 2.05) is 12.1 Å². The lowest BCUT2D eigenvalue weighted by molar-refractivity contribution is 0.495. The second-order valence-corrected chi connectivity index (χ2v) is 5.03. The predicted octanol–water partition coefficient (Wildman–Crippen LogP) is 3.01. The topological polar surface area (TPSA) is 37.2 Å². The van der Waals surface area contributed by atoms with Gasteiger partial charge in [-0.25, -0.2) is 0 Å². The van der Waals surface area contributed by atoms with Crippen molar-refractivity contribution in [3.05, 3.63) is 54.0 Å². The van der Waals surface area contributed by atoms with Crippen LogP contribution in [0.25, 0.3) is 0 Å². The third-order valence-corrected chi connectivity index (χ3v) is 3.74. The monoisotopic (exact) mass is 256 g/mol. The van der Waals surface area contributed by atoms with E-state index in [1.54, 1.807) is 6.26 Å². The highest BCUT2D eigenvalue weighted by atomic mass is 16.3. The number of rotatable bonds is 6. The number of para-hydroxylation sites is 1. The highest BCUT2D eigenvalue weighted by Crippen LogP contribution is 2.32. The Balaban J connectivity index is 1.39. The summed E-state index contributed by atoms with van der Waals surface area (Å²) in [6, 6.07) is 12.6. The van der Waals surface area contributed by atoms with Gasteiger partial charge < -0.3 is 15.1 Å². The molecule has 2 heterocycles. The second kappa shape index (κ2) is 5.93. The molecule has 2 N–H and O–H groups in total. The van der Waals surface area contributed by atoms with Crippen molar-refractivity contribution in [3.8, 4) is 0 Å². The average Bonchev–Trinajstić information content (AvgIpc) is 3.08. The lowest BCUT2D eigenvalue weighted by Gasteiger charge is -2.10. The Hall–Kier alpha value is -1.74. The van der Waals surface area contributed by atoms with Crippen LogP contribution in [0.15, 0.2) is 47.1 Å². The summed E-state index contributed by atoms with van der Waals surface area (Å²) < 4.78 is 5.31. The van der Waals surface area contributed by atoms with E-state index in [-0.39, 0.29) is 0 Å². The van der Waals surface area contributed by atoms with E-state index in [1.165, 1.54) is 17.7 Å². The van der Waals surface area contributed by atoms with Gasteiger partial charge in [0.1, 0.15) is 5.76 Å². The van der Waals surface area contributed by atoms with Crippen LogP contribution >= 0.6 is 0 Å². The van der Waals surface area contributed by atoms with Gasteiger partial charge >= 0.3 is 0 Å². The third-order valence-electron chi connectivity index (χ3n) is 3.74. The largest absolute Gasteiger partial charge is 0.469 e. The molecule has 1 aromatic heterocycles. The first-order chi connectivity index (χ1) is 9.43. The Bertz CT molecular complexity index is 507. The minimum absolute atomic E-state index is 0.646. The molecule has 0 amide bonds. The lowest BCUT2D eigenvalue weighted by Crippen LogP contribution is -2.20. The zero-order chi connectivity index (χ0) is 12.9. The molecule has 0 radical (unpaired) electrons. The zero-order valence-electron chi connectivity index (χ0n) is 11.1. The molecule has 0 aliphatic carbocycles. The fourth-order valence-electron chi connectivity index (χ4n) is 2.68. The lowest BCUT2D eigenvalue weighted by atomic mass is 9.98. The van der Waals surface area contributed by atoms with Crippen molar-refractivity contribution in [2.75, 3.05) is 25.0 Å². The molecule has 0 saturated carbocycles. The van der Waals surface area contributed by atoms with Gasteiger partial charge in [0, 0.05) is 31.1 Å². The molecule has 1 aliphatic rings. The molecule has 1 aliphatic heterocycles. The van der Waals surface area contributed by atoms with Crippen molar-refractivity contribution in [1.29, 1.82) is 0 Å². The summed E-state index contributed by atoms with van der Waals surface area (Å²) in [6.07, 6.45) is 3.88. The molecule has 0 saturated heterocycles. The van der Waals surface area contributed by atoms with E-state index in [0.717, 1.165) is 31.8 Å². The van der Waals surface area contributed by atoms with E-state index in [0.29, 0.717) is 5.92 Å². The van der Waals surface area contributed by atoms with Gasteiger partial charge in [-0.3, -0.25) is 0 Å². The van der Waals surface area contributed by atoms with Crippen molar-refractivity contribution < 1.29 is 4.42 Å². The van der Waals surface area contributed by atoms with Crippen LogP contribution < -0.4 is 10.6 Å². The van der Waals surface area contributed by atoms with Crippen molar-refractivity contribution >= 4 is 5.69 Å². The number of nitrogens with one attached hydrogen (secondary N) is 2. The predicted molar refractivity (Wildman–Crippen MR) is 77.6 cm³/mol. The number of hydrogen-bond donors (Lipinski definition) is 2. The smallest absolute Gasteiger partial charge is 0.105 e. The molecule has 3 nitrogen and oxygen atoms in total. The maximum Gasteiger partial charge on any atom is 0.105 e. The van der Waals surface area contributed by atoms with Crippen LogP contribution in [0.5, 0.6) is 0 Å². The molecule has 100 valence electrons. The Kier molecular flexibility index (Phi) is 3.84. The number of hydrogen-bond acceptors (Lipinski definition) is 3. The third kappa shape index (κ3) is 2.99. The molecule has 2 aromatic rings. The molecule has 1 atom stereocenters. The quantitative estimate of drug-likeness (QED) is 0.780. The van der Waals surface area contributed by atoms with Gasteiger partial charge in [-0.05, 0) is 36.7 Å². The minimum Gasteiger partial charge on any atom is -0.469 e. The van der Waals surface area contributed by atoms with Gasteiger partial charge in [0.15, 0.2) is 0 Å². The molecular formula is C16H20N2O. The summed E-state index contributed by atoms with van der Waals surface area (Å²) in [7, 11) is 0. The molecule has 0 spiro atoms. The first kappa shape index (κ1) is 12.3. The van der Waals surface area contributed by atoms with Crippen LogP contribution in [0, 0.1) is 0 Å². The van der Waals surface area contributed by atoms with Crippen LogP contribution in [-0.4, -0.2) is 19.6 Å². The normalized spacial score (nSPS) is 17.2. The average molecular weight is 256 g/mol. The maximum absolute atomic E-state index is 5.31. The maximum atomic E-state index is 5.31. The fraction of sp³-hybridized carbons (Fsp3) is 0.375. The standard InChI is InChI=1S/C16H20N2O/c1-2-6-16-15(5-1)13(12-18-16)7-9-17-10-8-14-4-3-11-19-14/h1-6,11,13,17-18H,7-10,12H2. The van der Waals surface area contributed by atoms with Crippen molar-refractivity contribution in [1.82, 2.24) is 5.32 Å². The highest BCUT2D eigenvalue weighted by molar-refractivity contribution is 5.57. The molecule has 3 rings (SSSR count). The first-order valence-electron chi connectivity index (χ1n) is 6.99. The molecule has 1 unspecified atom stereocenters. The SMILES string of the molecule is c1coc(CCNCCC2CNc3ccccc32)c1. The van der Waals surface area contributed by atoms with E-state index in [9.17, 15) is 0 Å². The van der Waals surface area contributed by atoms with Crippen LogP contribution in [0.2, 0.25) is 0 Å². The Morgan fingerprint density at radius 3 is 3.00 bits per heavy atom. The molecule has 0 fully saturated rings. The van der Waals surface area contributed by atoms with Gasteiger partial charge in [-0.2, -0.15) is 0 Å². The first-order valence-corrected chi connectivity index (χ1v) is 6.99. The van der Waals surface area contributed by atoms with E-state index in [4.69, 9.17) is 4.42 Å². The van der Waals surface area contributed by atoms with Crippen molar-refractivity contribution in [2.45, 2.75) is 18.8 Å². The fourth-order valence-corrected chi connectivity index (χ4v) is 2.68. The summed E-state index contributed by atoms with van der Waals surface area (Å²) >= 11 is 0. The molecular weight excluding hydrogens is 236 g/mol. The number of fused-ring (bicyclic) bond motifs is 1. The van der Waals surface area contributed by atoms with E-state index < -0.39 is 0 Å². The van der Waals surface area contributed by atoms with Gasteiger partial charge in [0.25, 0.3) is 0 Å². The Morgan fingerprint density at radius 2 is 2.11 bits per heavy atom. The van der Waals surface area contributed by atoms with Crippen molar-refractivity contribution in [3.63, 3.8) is 0 Å². The van der Waals surface area contributed by atoms with Crippen LogP contribution in [-0.2, 0) is 6.42 Å². The number of furan rings is 1. The van der Waals surface area contributed by atoms with Gasteiger partial charge in [0.2, 0.25) is 0 Å². The molecule has 1 aromatic carbocycles. The van der Waals surface area contributed by atoms with Crippen LogP contribution in [0.3, 0.4) is 0 Å². The van der Waals surface area contributed by atoms with E-state index in [2.05, 4.69) is 34.9 Å². The summed E-state index contributed by atoms with van der Waals surface area (Å²) in [5.74, 6) is 1.70. The minimum atomic E-state index is 0.646. The van der Waals surface area contributed by atoms with Gasteiger partial charge in [-0.15, -0.1) is 0 Å². The Morgan fingerprint density at radius 1 is 1.16 bits per heavy atom. The van der Waals surface area contributed by atoms with Gasteiger partial charge in [-0.1, -0.05) is 18.2 Å². The second-order valence-electron chi connectivity index (χ2n) is 5.03. The van der Waals surface area contributed by atoms with Crippen LogP contribution in [0.1, 0.15) is 23.7 Å². The molecule has 3 heteroatoms. The number of anilines is 1. The molecule has 0 bridgehead atoms. The summed E-state index contributed by atoms with van der Waals surface area (Å²) in [5.41, 5.74) is 2.78.